The molecule has 1 unspecified atom stereocenters. The standard InChI is InChI=1S/C10H22N2/c1-9(2)12-7-5-10-4-3-6-11-8-10/h9-12H,3-8H2,1-2H3. The van der Waals surface area contributed by atoms with Gasteiger partial charge in [-0.3, -0.25) is 0 Å². The quantitative estimate of drug-likeness (QED) is 0.666. The molecule has 0 spiro atoms. The zero-order valence-electron chi connectivity index (χ0n) is 8.40. The SMILES string of the molecule is CC(C)NCCC1CCCNC1. The first-order valence-corrected chi connectivity index (χ1v) is 5.23. The number of nitrogens with one attached hydrogen (secondary N) is 2. The van der Waals surface area contributed by atoms with Crippen molar-refractivity contribution >= 4 is 0 Å². The van der Waals surface area contributed by atoms with E-state index >= 15 is 0 Å². The van der Waals surface area contributed by atoms with Crippen molar-refractivity contribution in [3.8, 4) is 0 Å². The minimum absolute atomic E-state index is 0.640. The van der Waals surface area contributed by atoms with Crippen molar-refractivity contribution in [3.63, 3.8) is 0 Å². The van der Waals surface area contributed by atoms with Crippen LogP contribution in [0, 0.1) is 5.92 Å². The maximum atomic E-state index is 3.46. The minimum atomic E-state index is 0.640. The topological polar surface area (TPSA) is 24.1 Å². The normalized spacial score (nSPS) is 24.8. The average Bonchev–Trinajstić information content (AvgIpc) is 2.05. The Morgan fingerprint density at radius 3 is 2.92 bits per heavy atom. The maximum absolute atomic E-state index is 3.46. The van der Waals surface area contributed by atoms with Gasteiger partial charge in [0.05, 0.1) is 0 Å². The predicted molar refractivity (Wildman–Crippen MR) is 53.3 cm³/mol. The molecule has 1 aliphatic heterocycles. The Labute approximate surface area is 76.1 Å². The number of hydrogen-bond donors (Lipinski definition) is 2. The third-order valence-electron chi connectivity index (χ3n) is 2.50. The molecule has 0 aliphatic carbocycles. The highest BCUT2D eigenvalue weighted by Gasteiger charge is 2.11. The van der Waals surface area contributed by atoms with Gasteiger partial charge in [0.25, 0.3) is 0 Å². The summed E-state index contributed by atoms with van der Waals surface area (Å²) in [7, 11) is 0. The van der Waals surface area contributed by atoms with Crippen molar-refractivity contribution in [1.82, 2.24) is 10.6 Å². The van der Waals surface area contributed by atoms with Crippen LogP contribution < -0.4 is 10.6 Å². The van der Waals surface area contributed by atoms with E-state index in [2.05, 4.69) is 24.5 Å². The summed E-state index contributed by atoms with van der Waals surface area (Å²) in [6, 6.07) is 0.640. The van der Waals surface area contributed by atoms with Crippen LogP contribution in [0.1, 0.15) is 33.1 Å². The van der Waals surface area contributed by atoms with Crippen LogP contribution in [0.5, 0.6) is 0 Å². The van der Waals surface area contributed by atoms with E-state index in [0.717, 1.165) is 5.92 Å². The second-order valence-corrected chi connectivity index (χ2v) is 4.11. The van der Waals surface area contributed by atoms with E-state index in [0.29, 0.717) is 6.04 Å². The van der Waals surface area contributed by atoms with Crippen molar-refractivity contribution in [1.29, 1.82) is 0 Å². The van der Waals surface area contributed by atoms with E-state index in [4.69, 9.17) is 0 Å². The van der Waals surface area contributed by atoms with E-state index in [9.17, 15) is 0 Å². The predicted octanol–water partition coefficient (Wildman–Crippen LogP) is 1.37. The van der Waals surface area contributed by atoms with E-state index in [1.54, 1.807) is 0 Å². The Hall–Kier alpha value is -0.0800. The van der Waals surface area contributed by atoms with Crippen LogP contribution in [-0.2, 0) is 0 Å². The monoisotopic (exact) mass is 170 g/mol. The molecule has 0 aromatic carbocycles. The van der Waals surface area contributed by atoms with Crippen molar-refractivity contribution in [2.75, 3.05) is 19.6 Å². The van der Waals surface area contributed by atoms with Crippen molar-refractivity contribution in [2.45, 2.75) is 39.2 Å². The second kappa shape index (κ2) is 5.55. The summed E-state index contributed by atoms with van der Waals surface area (Å²) in [5, 5.41) is 6.91. The molecular weight excluding hydrogens is 148 g/mol. The Bertz CT molecular complexity index is 106. The third kappa shape index (κ3) is 4.07. The summed E-state index contributed by atoms with van der Waals surface area (Å²) >= 11 is 0. The molecule has 2 N–H and O–H groups in total. The molecule has 1 rings (SSSR count). The van der Waals surface area contributed by atoms with Gasteiger partial charge in [0.1, 0.15) is 0 Å². The van der Waals surface area contributed by atoms with E-state index < -0.39 is 0 Å². The molecule has 1 aliphatic rings. The second-order valence-electron chi connectivity index (χ2n) is 4.11. The zero-order chi connectivity index (χ0) is 8.81. The summed E-state index contributed by atoms with van der Waals surface area (Å²) < 4.78 is 0. The first-order chi connectivity index (χ1) is 5.79. The fourth-order valence-corrected chi connectivity index (χ4v) is 1.75. The van der Waals surface area contributed by atoms with Gasteiger partial charge in [-0.15, -0.1) is 0 Å². The van der Waals surface area contributed by atoms with Crippen LogP contribution in [0.25, 0.3) is 0 Å². The molecule has 0 aromatic rings. The first kappa shape index (κ1) is 10.0. The number of piperidine rings is 1. The summed E-state index contributed by atoms with van der Waals surface area (Å²) in [5.41, 5.74) is 0. The molecular formula is C10H22N2. The fraction of sp³-hybridized carbons (Fsp3) is 1.00. The van der Waals surface area contributed by atoms with E-state index in [1.807, 2.05) is 0 Å². The third-order valence-corrected chi connectivity index (χ3v) is 2.50. The lowest BCUT2D eigenvalue weighted by molar-refractivity contribution is 0.348. The van der Waals surface area contributed by atoms with Crippen LogP contribution in [0.3, 0.4) is 0 Å². The molecule has 1 fully saturated rings. The molecule has 1 saturated heterocycles. The Morgan fingerprint density at radius 1 is 1.50 bits per heavy atom. The Morgan fingerprint density at radius 2 is 2.33 bits per heavy atom. The fourth-order valence-electron chi connectivity index (χ4n) is 1.75. The van der Waals surface area contributed by atoms with Gasteiger partial charge in [0.2, 0.25) is 0 Å². The molecule has 0 radical (unpaired) electrons. The van der Waals surface area contributed by atoms with Gasteiger partial charge < -0.3 is 10.6 Å². The lowest BCUT2D eigenvalue weighted by atomic mass is 9.96. The number of hydrogen-bond acceptors (Lipinski definition) is 2. The lowest BCUT2D eigenvalue weighted by Crippen LogP contribution is -2.33. The van der Waals surface area contributed by atoms with Crippen LogP contribution >= 0.6 is 0 Å². The van der Waals surface area contributed by atoms with Crippen LogP contribution in [0.15, 0.2) is 0 Å². The van der Waals surface area contributed by atoms with Gasteiger partial charge in [-0.25, -0.2) is 0 Å². The molecule has 72 valence electrons. The molecule has 1 heterocycles. The molecule has 1 atom stereocenters. The Balaban J connectivity index is 1.98. The van der Waals surface area contributed by atoms with Gasteiger partial charge in [0, 0.05) is 6.04 Å². The largest absolute Gasteiger partial charge is 0.316 e. The highest BCUT2D eigenvalue weighted by molar-refractivity contribution is 4.70. The molecule has 0 aromatic heterocycles. The molecule has 0 saturated carbocycles. The molecule has 2 nitrogen and oxygen atoms in total. The van der Waals surface area contributed by atoms with Crippen molar-refractivity contribution < 1.29 is 0 Å². The van der Waals surface area contributed by atoms with Crippen molar-refractivity contribution in [3.05, 3.63) is 0 Å². The Kier molecular flexibility index (Phi) is 4.62. The smallest absolute Gasteiger partial charge is 0.00103 e. The highest BCUT2D eigenvalue weighted by Crippen LogP contribution is 2.12. The lowest BCUT2D eigenvalue weighted by Gasteiger charge is -2.23. The minimum Gasteiger partial charge on any atom is -0.316 e. The summed E-state index contributed by atoms with van der Waals surface area (Å²) in [6.45, 7) is 8.07. The van der Waals surface area contributed by atoms with Gasteiger partial charge >= 0.3 is 0 Å². The highest BCUT2D eigenvalue weighted by atomic mass is 14.9. The van der Waals surface area contributed by atoms with Crippen LogP contribution in [0.4, 0.5) is 0 Å². The van der Waals surface area contributed by atoms with Gasteiger partial charge in [0.15, 0.2) is 0 Å². The van der Waals surface area contributed by atoms with Gasteiger partial charge in [-0.1, -0.05) is 13.8 Å². The van der Waals surface area contributed by atoms with Crippen molar-refractivity contribution in [2.24, 2.45) is 5.92 Å². The van der Waals surface area contributed by atoms with Gasteiger partial charge in [-0.05, 0) is 44.8 Å². The van der Waals surface area contributed by atoms with Crippen LogP contribution in [0.2, 0.25) is 0 Å². The molecule has 12 heavy (non-hydrogen) atoms. The maximum Gasteiger partial charge on any atom is 0.00103 e. The van der Waals surface area contributed by atoms with E-state index in [1.165, 1.54) is 38.9 Å². The summed E-state index contributed by atoms with van der Waals surface area (Å²) in [6.07, 6.45) is 4.13. The number of rotatable bonds is 4. The summed E-state index contributed by atoms with van der Waals surface area (Å²) in [4.78, 5) is 0. The molecule has 0 bridgehead atoms. The molecule has 2 heteroatoms. The average molecular weight is 170 g/mol. The summed E-state index contributed by atoms with van der Waals surface area (Å²) in [5.74, 6) is 0.921. The molecule has 0 amide bonds. The first-order valence-electron chi connectivity index (χ1n) is 5.23. The van der Waals surface area contributed by atoms with E-state index in [-0.39, 0.29) is 0 Å². The van der Waals surface area contributed by atoms with Gasteiger partial charge in [-0.2, -0.15) is 0 Å². The van der Waals surface area contributed by atoms with Crippen LogP contribution in [-0.4, -0.2) is 25.7 Å². The zero-order valence-corrected chi connectivity index (χ0v) is 8.40.